The summed E-state index contributed by atoms with van der Waals surface area (Å²) in [6.07, 6.45) is 1.61. The molecule has 0 saturated heterocycles. The van der Waals surface area contributed by atoms with Crippen molar-refractivity contribution < 1.29 is 8.42 Å². The molecular weight excluding hydrogens is 368 g/mol. The van der Waals surface area contributed by atoms with Gasteiger partial charge in [-0.2, -0.15) is 0 Å². The summed E-state index contributed by atoms with van der Waals surface area (Å²) in [6, 6.07) is 1.40. The van der Waals surface area contributed by atoms with E-state index in [2.05, 4.69) is 25.6 Å². The number of nitrogens with one attached hydrogen (secondary N) is 1. The Kier molecular flexibility index (Phi) is 3.79. The Morgan fingerprint density at radius 3 is 2.65 bits per heavy atom. The monoisotopic (exact) mass is 372 g/mol. The fourth-order valence-corrected chi connectivity index (χ4v) is 5.33. The number of aromatic nitrogens is 1. The molecule has 0 fully saturated rings. The molecule has 0 aliphatic rings. The lowest BCUT2D eigenvalue weighted by atomic mass is 10.7. The lowest BCUT2D eigenvalue weighted by Gasteiger charge is -2.01. The average Bonchev–Trinajstić information content (AvgIpc) is 2.75. The molecule has 0 bridgehead atoms. The highest BCUT2D eigenvalue weighted by atomic mass is 79.9. The maximum atomic E-state index is 12.0. The predicted molar refractivity (Wildman–Crippen MR) is 74.7 cm³/mol. The van der Waals surface area contributed by atoms with Crippen LogP contribution in [-0.2, 0) is 10.0 Å². The summed E-state index contributed by atoms with van der Waals surface area (Å²) in [5.74, 6) is 0. The number of hydrogen-bond acceptors (Lipinski definition) is 5. The van der Waals surface area contributed by atoms with Crippen LogP contribution in [0.15, 0.2) is 20.3 Å². The Morgan fingerprint density at radius 2 is 2.18 bits per heavy atom. The Bertz CT molecular complexity index is 630. The predicted octanol–water partition coefficient (Wildman–Crippen LogP) is 3.73. The highest BCUT2D eigenvalue weighted by molar-refractivity contribution is 9.11. The van der Waals surface area contributed by atoms with Crippen LogP contribution in [0.4, 0.5) is 5.13 Å². The van der Waals surface area contributed by atoms with E-state index in [0.717, 1.165) is 16.2 Å². The van der Waals surface area contributed by atoms with Gasteiger partial charge in [0.05, 0.1) is 8.81 Å². The van der Waals surface area contributed by atoms with E-state index in [1.807, 2.05) is 6.92 Å². The maximum Gasteiger partial charge on any atom is 0.273 e. The first-order valence-corrected chi connectivity index (χ1v) is 8.57. The van der Waals surface area contributed by atoms with Gasteiger partial charge in [0.25, 0.3) is 10.0 Å². The summed E-state index contributed by atoms with van der Waals surface area (Å²) >= 11 is 11.3. The maximum absolute atomic E-state index is 12.0. The van der Waals surface area contributed by atoms with E-state index in [1.165, 1.54) is 17.4 Å². The van der Waals surface area contributed by atoms with Crippen LogP contribution in [0.5, 0.6) is 0 Å². The molecule has 2 rings (SSSR count). The van der Waals surface area contributed by atoms with Crippen LogP contribution in [0.25, 0.3) is 0 Å². The molecule has 2 aromatic rings. The van der Waals surface area contributed by atoms with Gasteiger partial charge < -0.3 is 0 Å². The Balaban J connectivity index is 2.31. The number of anilines is 1. The summed E-state index contributed by atoms with van der Waals surface area (Å²) in [7, 11) is -3.60. The Labute approximate surface area is 120 Å². The third-order valence-corrected chi connectivity index (χ3v) is 6.98. The van der Waals surface area contributed by atoms with Crippen LogP contribution in [-0.4, -0.2) is 13.4 Å². The van der Waals surface area contributed by atoms with Gasteiger partial charge in [0.15, 0.2) is 5.13 Å². The molecule has 0 saturated carbocycles. The average molecular weight is 374 g/mol. The van der Waals surface area contributed by atoms with Gasteiger partial charge in [-0.15, -0.1) is 22.7 Å². The molecule has 2 aromatic heterocycles. The van der Waals surface area contributed by atoms with Gasteiger partial charge in [-0.1, -0.05) is 11.6 Å². The number of halogens is 2. The molecule has 0 aliphatic carbocycles. The van der Waals surface area contributed by atoms with Crippen LogP contribution in [0, 0.1) is 6.92 Å². The standard InChI is InChI=1S/C8H6BrClN2O2S3/c1-4-3-11-8(15-4)12-17(13,14)6-2-5(10)7(9)16-6/h2-3H,1H3,(H,11,12). The lowest BCUT2D eigenvalue weighted by Crippen LogP contribution is -2.10. The van der Waals surface area contributed by atoms with Crippen molar-refractivity contribution in [3.8, 4) is 0 Å². The van der Waals surface area contributed by atoms with Crippen LogP contribution in [0.2, 0.25) is 5.02 Å². The number of hydrogen-bond donors (Lipinski definition) is 1. The van der Waals surface area contributed by atoms with Gasteiger partial charge in [-0.3, -0.25) is 4.72 Å². The fourth-order valence-electron chi connectivity index (χ4n) is 1.03. The summed E-state index contributed by atoms with van der Waals surface area (Å²) in [4.78, 5) is 4.88. The molecule has 0 radical (unpaired) electrons. The molecular formula is C8H6BrClN2O2S3. The van der Waals surface area contributed by atoms with Gasteiger partial charge in [0, 0.05) is 11.1 Å². The molecule has 0 spiro atoms. The molecule has 9 heteroatoms. The number of thiazole rings is 1. The molecule has 0 amide bonds. The largest absolute Gasteiger partial charge is 0.273 e. The minimum Gasteiger partial charge on any atom is -0.254 e. The van der Waals surface area contributed by atoms with Crippen LogP contribution in [0.3, 0.4) is 0 Å². The van der Waals surface area contributed by atoms with E-state index in [4.69, 9.17) is 11.6 Å². The van der Waals surface area contributed by atoms with Crippen molar-refractivity contribution in [1.29, 1.82) is 0 Å². The molecule has 1 N–H and O–H groups in total. The zero-order valence-electron chi connectivity index (χ0n) is 8.40. The number of thiophene rings is 1. The first kappa shape index (κ1) is 13.3. The van der Waals surface area contributed by atoms with Gasteiger partial charge in [-0.05, 0) is 28.9 Å². The van der Waals surface area contributed by atoms with E-state index >= 15 is 0 Å². The van der Waals surface area contributed by atoms with E-state index in [-0.39, 0.29) is 4.21 Å². The summed E-state index contributed by atoms with van der Waals surface area (Å²) < 4.78 is 27.1. The van der Waals surface area contributed by atoms with Crippen LogP contribution in [0.1, 0.15) is 4.88 Å². The van der Waals surface area contributed by atoms with E-state index in [9.17, 15) is 8.42 Å². The topological polar surface area (TPSA) is 59.1 Å². The number of sulfonamides is 1. The second kappa shape index (κ2) is 4.85. The molecule has 2 heterocycles. The zero-order chi connectivity index (χ0) is 12.6. The highest BCUT2D eigenvalue weighted by Gasteiger charge is 2.20. The molecule has 4 nitrogen and oxygen atoms in total. The van der Waals surface area contributed by atoms with Crippen molar-refractivity contribution >= 4 is 65.4 Å². The fraction of sp³-hybridized carbons (Fsp3) is 0.125. The van der Waals surface area contributed by atoms with Gasteiger partial charge in [0.1, 0.15) is 4.21 Å². The van der Waals surface area contributed by atoms with Crippen molar-refractivity contribution in [1.82, 2.24) is 4.98 Å². The van der Waals surface area contributed by atoms with Crippen molar-refractivity contribution in [2.75, 3.05) is 4.72 Å². The molecule has 17 heavy (non-hydrogen) atoms. The minimum atomic E-state index is -3.60. The first-order chi connectivity index (χ1) is 7.88. The quantitative estimate of drug-likeness (QED) is 0.892. The Hall–Kier alpha value is -0.150. The smallest absolute Gasteiger partial charge is 0.254 e. The van der Waals surface area contributed by atoms with Crippen molar-refractivity contribution in [3.63, 3.8) is 0 Å². The van der Waals surface area contributed by atoms with Crippen molar-refractivity contribution in [3.05, 3.63) is 25.9 Å². The Morgan fingerprint density at radius 1 is 1.47 bits per heavy atom. The van der Waals surface area contributed by atoms with Gasteiger partial charge in [-0.25, -0.2) is 13.4 Å². The number of nitrogens with zero attached hydrogens (tertiary/aromatic N) is 1. The normalized spacial score (nSPS) is 11.7. The number of rotatable bonds is 3. The third kappa shape index (κ3) is 3.00. The van der Waals surface area contributed by atoms with Crippen LogP contribution < -0.4 is 4.72 Å². The highest BCUT2D eigenvalue weighted by Crippen LogP contribution is 2.35. The molecule has 92 valence electrons. The summed E-state index contributed by atoms with van der Waals surface area (Å²) in [6.45, 7) is 1.86. The van der Waals surface area contributed by atoms with E-state index in [0.29, 0.717) is 13.9 Å². The third-order valence-electron chi connectivity index (χ3n) is 1.73. The number of aryl methyl sites for hydroxylation is 1. The zero-order valence-corrected chi connectivity index (χ0v) is 13.2. The molecule has 0 unspecified atom stereocenters. The first-order valence-electron chi connectivity index (χ1n) is 4.28. The second-order valence-electron chi connectivity index (χ2n) is 3.07. The second-order valence-corrected chi connectivity index (χ2v) is 8.99. The van der Waals surface area contributed by atoms with Crippen molar-refractivity contribution in [2.24, 2.45) is 0 Å². The van der Waals surface area contributed by atoms with E-state index in [1.54, 1.807) is 6.20 Å². The van der Waals surface area contributed by atoms with Crippen LogP contribution >= 0.6 is 50.2 Å². The summed E-state index contributed by atoms with van der Waals surface area (Å²) in [5.41, 5.74) is 0. The SMILES string of the molecule is Cc1cnc(NS(=O)(=O)c2cc(Cl)c(Br)s2)s1. The van der Waals surface area contributed by atoms with Gasteiger partial charge >= 0.3 is 0 Å². The summed E-state index contributed by atoms with van der Waals surface area (Å²) in [5, 5.41) is 0.730. The molecule has 0 aromatic carbocycles. The lowest BCUT2D eigenvalue weighted by molar-refractivity contribution is 0.603. The molecule has 0 aliphatic heterocycles. The van der Waals surface area contributed by atoms with Crippen molar-refractivity contribution in [2.45, 2.75) is 11.1 Å². The minimum absolute atomic E-state index is 0.155. The van der Waals surface area contributed by atoms with E-state index < -0.39 is 10.0 Å². The van der Waals surface area contributed by atoms with Gasteiger partial charge in [0.2, 0.25) is 0 Å². The molecule has 0 atom stereocenters.